The lowest BCUT2D eigenvalue weighted by Crippen LogP contribution is -2.54. The summed E-state index contributed by atoms with van der Waals surface area (Å²) in [4.78, 5) is 22.6. The highest BCUT2D eigenvalue weighted by atomic mass is 16.5. The Morgan fingerprint density at radius 1 is 1.44 bits per heavy atom. The summed E-state index contributed by atoms with van der Waals surface area (Å²) in [6.45, 7) is 4.34. The van der Waals surface area contributed by atoms with E-state index in [1.165, 1.54) is 0 Å². The van der Waals surface area contributed by atoms with Crippen molar-refractivity contribution in [1.82, 2.24) is 10.6 Å². The van der Waals surface area contributed by atoms with Crippen molar-refractivity contribution in [2.24, 2.45) is 5.92 Å². The number of nitrogens with one attached hydrogen (secondary N) is 2. The monoisotopic (exact) mass is 260 g/mol. The van der Waals surface area contributed by atoms with Crippen LogP contribution in [0.4, 0.5) is 4.79 Å². The van der Waals surface area contributed by atoms with Crippen molar-refractivity contribution in [2.75, 3.05) is 26.9 Å². The van der Waals surface area contributed by atoms with Crippen molar-refractivity contribution in [3.63, 3.8) is 0 Å². The Bertz CT molecular complexity index is 319. The highest BCUT2D eigenvalue weighted by Gasteiger charge is 2.35. The van der Waals surface area contributed by atoms with Crippen LogP contribution in [0.25, 0.3) is 0 Å². The van der Waals surface area contributed by atoms with Gasteiger partial charge in [0.05, 0.1) is 31.4 Å². The first-order valence-electron chi connectivity index (χ1n) is 5.74. The standard InChI is InChI=1S/C11H20N2O5/c1-11(2,6-17-3)13-10(16)12-8-5-18-4-7(8)9(14)15/h7-8H,4-6H2,1-3H3,(H,14,15)(H2,12,13,16). The number of hydrogen-bond donors (Lipinski definition) is 3. The predicted molar refractivity (Wildman–Crippen MR) is 63.4 cm³/mol. The molecule has 2 amide bonds. The summed E-state index contributed by atoms with van der Waals surface area (Å²) >= 11 is 0. The molecule has 1 aliphatic heterocycles. The molecule has 18 heavy (non-hydrogen) atoms. The molecule has 1 saturated heterocycles. The molecular weight excluding hydrogens is 240 g/mol. The van der Waals surface area contributed by atoms with E-state index >= 15 is 0 Å². The molecule has 3 N–H and O–H groups in total. The molecule has 0 spiro atoms. The minimum Gasteiger partial charge on any atom is -0.481 e. The van der Waals surface area contributed by atoms with Crippen molar-refractivity contribution in [3.8, 4) is 0 Å². The van der Waals surface area contributed by atoms with E-state index in [-0.39, 0.29) is 13.2 Å². The summed E-state index contributed by atoms with van der Waals surface area (Å²) in [5, 5.41) is 14.3. The molecule has 0 bridgehead atoms. The van der Waals surface area contributed by atoms with E-state index < -0.39 is 29.5 Å². The van der Waals surface area contributed by atoms with Gasteiger partial charge in [-0.15, -0.1) is 0 Å². The number of methoxy groups -OCH3 is 1. The molecule has 0 aliphatic carbocycles. The molecule has 1 rings (SSSR count). The Morgan fingerprint density at radius 2 is 2.11 bits per heavy atom. The molecule has 104 valence electrons. The fourth-order valence-corrected chi connectivity index (χ4v) is 1.85. The minimum absolute atomic E-state index is 0.127. The summed E-state index contributed by atoms with van der Waals surface area (Å²) in [6, 6.07) is -0.917. The van der Waals surface area contributed by atoms with Crippen molar-refractivity contribution >= 4 is 12.0 Å². The number of amides is 2. The van der Waals surface area contributed by atoms with Gasteiger partial charge in [0.2, 0.25) is 0 Å². The van der Waals surface area contributed by atoms with Crippen LogP contribution in [0, 0.1) is 5.92 Å². The van der Waals surface area contributed by atoms with Crippen molar-refractivity contribution in [3.05, 3.63) is 0 Å². The summed E-state index contributed by atoms with van der Waals surface area (Å²) in [5.41, 5.74) is -0.517. The zero-order chi connectivity index (χ0) is 13.8. The quantitative estimate of drug-likeness (QED) is 0.636. The van der Waals surface area contributed by atoms with Crippen LogP contribution in [0.5, 0.6) is 0 Å². The summed E-state index contributed by atoms with van der Waals surface area (Å²) in [6.07, 6.45) is 0. The van der Waals surface area contributed by atoms with E-state index in [0.717, 1.165) is 0 Å². The lowest BCUT2D eigenvalue weighted by atomic mass is 10.0. The second-order valence-electron chi connectivity index (χ2n) is 5.00. The summed E-state index contributed by atoms with van der Waals surface area (Å²) < 4.78 is 10.0. The fourth-order valence-electron chi connectivity index (χ4n) is 1.85. The van der Waals surface area contributed by atoms with Crippen LogP contribution >= 0.6 is 0 Å². The van der Waals surface area contributed by atoms with Crippen LogP contribution in [-0.4, -0.2) is 55.6 Å². The number of carbonyl (C=O) groups is 2. The van der Waals surface area contributed by atoms with E-state index in [1.54, 1.807) is 7.11 Å². The molecule has 2 unspecified atom stereocenters. The largest absolute Gasteiger partial charge is 0.481 e. The molecule has 1 fully saturated rings. The first-order valence-corrected chi connectivity index (χ1v) is 5.74. The van der Waals surface area contributed by atoms with E-state index in [2.05, 4.69) is 10.6 Å². The Kier molecular flexibility index (Phi) is 4.92. The summed E-state index contributed by atoms with van der Waals surface area (Å²) in [5.74, 6) is -1.66. The number of carboxylic acids is 1. The molecule has 7 nitrogen and oxygen atoms in total. The first kappa shape index (κ1) is 14.7. The molecule has 1 aliphatic rings. The van der Waals surface area contributed by atoms with Crippen LogP contribution in [0.1, 0.15) is 13.8 Å². The molecule has 2 atom stereocenters. The highest BCUT2D eigenvalue weighted by molar-refractivity contribution is 5.77. The number of rotatable bonds is 5. The number of carboxylic acid groups (broad SMARTS) is 1. The molecule has 0 saturated carbocycles. The Balaban J connectivity index is 2.47. The van der Waals surface area contributed by atoms with Crippen LogP contribution in [0.3, 0.4) is 0 Å². The SMILES string of the molecule is COCC(C)(C)NC(=O)NC1COCC1C(=O)O. The molecule has 0 aromatic rings. The third kappa shape index (κ3) is 4.15. The van der Waals surface area contributed by atoms with Gasteiger partial charge in [0, 0.05) is 7.11 Å². The lowest BCUT2D eigenvalue weighted by molar-refractivity contribution is -0.142. The molecule has 0 radical (unpaired) electrons. The predicted octanol–water partition coefficient (Wildman–Crippen LogP) is -0.190. The average Bonchev–Trinajstić information content (AvgIpc) is 2.64. The number of urea groups is 1. The molecule has 7 heteroatoms. The molecule has 1 heterocycles. The van der Waals surface area contributed by atoms with Crippen molar-refractivity contribution < 1.29 is 24.2 Å². The smallest absolute Gasteiger partial charge is 0.315 e. The number of carbonyl (C=O) groups excluding carboxylic acids is 1. The Labute approximate surface area is 106 Å². The second-order valence-corrected chi connectivity index (χ2v) is 5.00. The minimum atomic E-state index is -0.964. The van der Waals surface area contributed by atoms with E-state index in [0.29, 0.717) is 6.61 Å². The lowest BCUT2D eigenvalue weighted by Gasteiger charge is -2.26. The van der Waals surface area contributed by atoms with Gasteiger partial charge in [0.1, 0.15) is 5.92 Å². The maximum Gasteiger partial charge on any atom is 0.315 e. The zero-order valence-corrected chi connectivity index (χ0v) is 10.9. The normalized spacial score (nSPS) is 23.7. The average molecular weight is 260 g/mol. The van der Waals surface area contributed by atoms with Crippen LogP contribution in [0.2, 0.25) is 0 Å². The number of hydrogen-bond acceptors (Lipinski definition) is 4. The summed E-state index contributed by atoms with van der Waals surface area (Å²) in [7, 11) is 1.55. The number of ether oxygens (including phenoxy) is 2. The van der Waals surface area contributed by atoms with E-state index in [9.17, 15) is 9.59 Å². The van der Waals surface area contributed by atoms with Gasteiger partial charge in [-0.25, -0.2) is 4.79 Å². The van der Waals surface area contributed by atoms with Crippen molar-refractivity contribution in [1.29, 1.82) is 0 Å². The number of aliphatic carboxylic acids is 1. The molecule has 0 aromatic carbocycles. The van der Waals surface area contributed by atoms with E-state index in [1.807, 2.05) is 13.8 Å². The van der Waals surface area contributed by atoms with Gasteiger partial charge in [-0.3, -0.25) is 4.79 Å². The van der Waals surface area contributed by atoms with Crippen LogP contribution < -0.4 is 10.6 Å². The third-order valence-corrected chi connectivity index (χ3v) is 2.67. The van der Waals surface area contributed by atoms with Gasteiger partial charge in [-0.2, -0.15) is 0 Å². The van der Waals surface area contributed by atoms with Crippen molar-refractivity contribution in [2.45, 2.75) is 25.4 Å². The van der Waals surface area contributed by atoms with Gasteiger partial charge >= 0.3 is 12.0 Å². The van der Waals surface area contributed by atoms with Crippen LogP contribution in [-0.2, 0) is 14.3 Å². The maximum atomic E-state index is 11.7. The van der Waals surface area contributed by atoms with Gasteiger partial charge in [0.15, 0.2) is 0 Å². The Morgan fingerprint density at radius 3 is 2.67 bits per heavy atom. The fraction of sp³-hybridized carbons (Fsp3) is 0.818. The van der Waals surface area contributed by atoms with Gasteiger partial charge < -0.3 is 25.2 Å². The third-order valence-electron chi connectivity index (χ3n) is 2.67. The maximum absolute atomic E-state index is 11.7. The Hall–Kier alpha value is -1.34. The van der Waals surface area contributed by atoms with Gasteiger partial charge in [-0.1, -0.05) is 0 Å². The van der Waals surface area contributed by atoms with Crippen LogP contribution in [0.15, 0.2) is 0 Å². The van der Waals surface area contributed by atoms with Gasteiger partial charge in [-0.05, 0) is 13.8 Å². The van der Waals surface area contributed by atoms with Gasteiger partial charge in [0.25, 0.3) is 0 Å². The second kappa shape index (κ2) is 6.01. The van der Waals surface area contributed by atoms with E-state index in [4.69, 9.17) is 14.6 Å². The molecule has 0 aromatic heterocycles. The highest BCUT2D eigenvalue weighted by Crippen LogP contribution is 2.14. The molecular formula is C11H20N2O5. The first-order chi connectivity index (χ1) is 8.35. The topological polar surface area (TPSA) is 96.9 Å². The zero-order valence-electron chi connectivity index (χ0n) is 10.9.